The molecule has 1 amide bonds. The fourth-order valence-electron chi connectivity index (χ4n) is 2.70. The summed E-state index contributed by atoms with van der Waals surface area (Å²) in [5, 5.41) is 2.09. The lowest BCUT2D eigenvalue weighted by Gasteiger charge is -2.23. The van der Waals surface area contributed by atoms with Gasteiger partial charge in [0.1, 0.15) is 6.04 Å². The van der Waals surface area contributed by atoms with Gasteiger partial charge in [0.25, 0.3) is 0 Å². The molecule has 0 aromatic carbocycles. The van der Waals surface area contributed by atoms with Gasteiger partial charge in [-0.15, -0.1) is 11.3 Å². The van der Waals surface area contributed by atoms with Crippen molar-refractivity contribution in [2.75, 3.05) is 0 Å². The van der Waals surface area contributed by atoms with Crippen molar-refractivity contribution >= 4 is 17.2 Å². The van der Waals surface area contributed by atoms with Crippen LogP contribution in [-0.4, -0.2) is 23.1 Å². The molecule has 3 rings (SSSR count). The lowest BCUT2D eigenvalue weighted by atomic mass is 10.1. The van der Waals surface area contributed by atoms with Crippen molar-refractivity contribution < 1.29 is 18.0 Å². The first-order chi connectivity index (χ1) is 11.8. The lowest BCUT2D eigenvalue weighted by Crippen LogP contribution is -2.47. The van der Waals surface area contributed by atoms with Crippen LogP contribution in [0.25, 0.3) is 0 Å². The first kappa shape index (κ1) is 17.8. The predicted molar refractivity (Wildman–Crippen MR) is 87.6 cm³/mol. The minimum Gasteiger partial charge on any atom is -0.339 e. The molecule has 0 saturated carbocycles. The van der Waals surface area contributed by atoms with E-state index in [1.54, 1.807) is 11.3 Å². The fourth-order valence-corrected chi connectivity index (χ4v) is 3.64. The van der Waals surface area contributed by atoms with Gasteiger partial charge in [0.05, 0.1) is 6.04 Å². The Hall–Kier alpha value is -1.97. The SMILES string of the molecule is Cc1ccc(C2CC(C(=O)NC(c3cccnc3)C(F)(F)F)NN2)s1. The van der Waals surface area contributed by atoms with Crippen LogP contribution < -0.4 is 16.2 Å². The molecule has 9 heteroatoms. The second-order valence-corrected chi connectivity index (χ2v) is 7.17. The number of hydrogen-bond donors (Lipinski definition) is 3. The van der Waals surface area contributed by atoms with Gasteiger partial charge in [-0.1, -0.05) is 6.07 Å². The third-order valence-corrected chi connectivity index (χ3v) is 5.07. The van der Waals surface area contributed by atoms with E-state index in [2.05, 4.69) is 21.2 Å². The number of pyridine rings is 1. The van der Waals surface area contributed by atoms with E-state index in [0.717, 1.165) is 16.0 Å². The highest BCUT2D eigenvalue weighted by Crippen LogP contribution is 2.33. The van der Waals surface area contributed by atoms with Crippen LogP contribution in [0, 0.1) is 6.92 Å². The van der Waals surface area contributed by atoms with Crippen LogP contribution in [0.2, 0.25) is 0 Å². The first-order valence-electron chi connectivity index (χ1n) is 7.69. The number of carbonyl (C=O) groups excluding carboxylic acids is 1. The molecule has 3 N–H and O–H groups in total. The summed E-state index contributed by atoms with van der Waals surface area (Å²) in [4.78, 5) is 18.2. The average Bonchev–Trinajstić information content (AvgIpc) is 3.21. The molecule has 1 fully saturated rings. The zero-order valence-electron chi connectivity index (χ0n) is 13.3. The monoisotopic (exact) mass is 370 g/mol. The molecular formula is C16H17F3N4OS. The van der Waals surface area contributed by atoms with Gasteiger partial charge in [-0.25, -0.2) is 10.9 Å². The average molecular weight is 370 g/mol. The number of carbonyl (C=O) groups is 1. The van der Waals surface area contributed by atoms with Crippen molar-refractivity contribution in [2.24, 2.45) is 0 Å². The summed E-state index contributed by atoms with van der Waals surface area (Å²) >= 11 is 1.59. The van der Waals surface area contributed by atoms with Crippen LogP contribution in [0.3, 0.4) is 0 Å². The minimum atomic E-state index is -4.60. The largest absolute Gasteiger partial charge is 0.412 e. The number of aryl methyl sites for hydroxylation is 1. The summed E-state index contributed by atoms with van der Waals surface area (Å²) in [5.41, 5.74) is 5.66. The van der Waals surface area contributed by atoms with Gasteiger partial charge in [-0.2, -0.15) is 13.2 Å². The van der Waals surface area contributed by atoms with Crippen molar-refractivity contribution in [3.63, 3.8) is 0 Å². The van der Waals surface area contributed by atoms with Crippen molar-refractivity contribution in [1.29, 1.82) is 0 Å². The molecule has 0 radical (unpaired) electrons. The Morgan fingerprint density at radius 2 is 2.16 bits per heavy atom. The number of alkyl halides is 3. The number of halogens is 3. The Kier molecular flexibility index (Phi) is 5.07. The predicted octanol–water partition coefficient (Wildman–Crippen LogP) is 2.78. The Morgan fingerprint density at radius 1 is 1.36 bits per heavy atom. The maximum Gasteiger partial charge on any atom is 0.412 e. The van der Waals surface area contributed by atoms with Crippen molar-refractivity contribution in [2.45, 2.75) is 37.6 Å². The van der Waals surface area contributed by atoms with Gasteiger partial charge in [0.2, 0.25) is 5.91 Å². The van der Waals surface area contributed by atoms with Crippen molar-refractivity contribution in [1.82, 2.24) is 21.2 Å². The van der Waals surface area contributed by atoms with Crippen LogP contribution >= 0.6 is 11.3 Å². The molecule has 134 valence electrons. The van der Waals surface area contributed by atoms with E-state index in [-0.39, 0.29) is 11.6 Å². The van der Waals surface area contributed by atoms with Gasteiger partial charge in [0.15, 0.2) is 6.04 Å². The topological polar surface area (TPSA) is 66.0 Å². The van der Waals surface area contributed by atoms with Crippen molar-refractivity contribution in [3.05, 3.63) is 52.0 Å². The third kappa shape index (κ3) is 4.17. The summed E-state index contributed by atoms with van der Waals surface area (Å²) in [7, 11) is 0. The number of aromatic nitrogens is 1. The number of hydrazine groups is 1. The second-order valence-electron chi connectivity index (χ2n) is 5.85. The number of hydrogen-bond acceptors (Lipinski definition) is 5. The summed E-state index contributed by atoms with van der Waals surface area (Å²) in [6.45, 7) is 1.97. The Labute approximate surface area is 146 Å². The van der Waals surface area contributed by atoms with Gasteiger partial charge >= 0.3 is 6.18 Å². The molecule has 2 aromatic heterocycles. The van der Waals surface area contributed by atoms with Crippen LogP contribution in [0.4, 0.5) is 13.2 Å². The van der Waals surface area contributed by atoms with Crippen LogP contribution in [-0.2, 0) is 4.79 Å². The van der Waals surface area contributed by atoms with Crippen LogP contribution in [0.1, 0.15) is 33.8 Å². The molecule has 0 bridgehead atoms. The van der Waals surface area contributed by atoms with E-state index in [1.165, 1.54) is 18.3 Å². The van der Waals surface area contributed by atoms with E-state index >= 15 is 0 Å². The zero-order chi connectivity index (χ0) is 18.0. The van der Waals surface area contributed by atoms with Crippen LogP contribution in [0.5, 0.6) is 0 Å². The summed E-state index contributed by atoms with van der Waals surface area (Å²) in [6, 6.07) is 3.70. The first-order valence-corrected chi connectivity index (χ1v) is 8.50. The minimum absolute atomic E-state index is 0.0975. The Morgan fingerprint density at radius 3 is 2.76 bits per heavy atom. The van der Waals surface area contributed by atoms with E-state index in [1.807, 2.05) is 19.1 Å². The number of nitrogens with one attached hydrogen (secondary N) is 3. The molecule has 3 heterocycles. The quantitative estimate of drug-likeness (QED) is 0.774. The highest BCUT2D eigenvalue weighted by atomic mass is 32.1. The third-order valence-electron chi connectivity index (χ3n) is 3.96. The summed E-state index contributed by atoms with van der Waals surface area (Å²) in [5.74, 6) is -0.700. The van der Waals surface area contributed by atoms with Gasteiger partial charge in [-0.05, 0) is 31.5 Å². The Bertz CT molecular complexity index is 734. The fraction of sp³-hybridized carbons (Fsp3) is 0.375. The normalized spacial score (nSPS) is 21.9. The van der Waals surface area contributed by atoms with Crippen molar-refractivity contribution in [3.8, 4) is 0 Å². The highest BCUT2D eigenvalue weighted by Gasteiger charge is 2.43. The molecule has 3 atom stereocenters. The lowest BCUT2D eigenvalue weighted by molar-refractivity contribution is -0.164. The Balaban J connectivity index is 1.68. The van der Waals surface area contributed by atoms with Gasteiger partial charge in [0, 0.05) is 27.7 Å². The summed E-state index contributed by atoms with van der Waals surface area (Å²) in [6.07, 6.45) is -1.73. The highest BCUT2D eigenvalue weighted by molar-refractivity contribution is 7.12. The molecule has 25 heavy (non-hydrogen) atoms. The van der Waals surface area contributed by atoms with E-state index in [4.69, 9.17) is 0 Å². The molecule has 3 unspecified atom stereocenters. The van der Waals surface area contributed by atoms with E-state index < -0.39 is 24.2 Å². The number of thiophene rings is 1. The van der Waals surface area contributed by atoms with Gasteiger partial charge < -0.3 is 5.32 Å². The van der Waals surface area contributed by atoms with Gasteiger partial charge in [-0.3, -0.25) is 9.78 Å². The van der Waals surface area contributed by atoms with Crippen LogP contribution in [0.15, 0.2) is 36.7 Å². The molecule has 1 aliphatic rings. The smallest absolute Gasteiger partial charge is 0.339 e. The maximum absolute atomic E-state index is 13.3. The zero-order valence-corrected chi connectivity index (χ0v) is 14.1. The number of amides is 1. The maximum atomic E-state index is 13.3. The molecule has 0 aliphatic carbocycles. The molecule has 2 aromatic rings. The molecule has 1 aliphatic heterocycles. The van der Waals surface area contributed by atoms with E-state index in [0.29, 0.717) is 6.42 Å². The molecule has 5 nitrogen and oxygen atoms in total. The number of nitrogens with zero attached hydrogens (tertiary/aromatic N) is 1. The molecule has 1 saturated heterocycles. The van der Waals surface area contributed by atoms with E-state index in [9.17, 15) is 18.0 Å². The number of rotatable bonds is 4. The molecular weight excluding hydrogens is 353 g/mol. The molecule has 0 spiro atoms. The standard InChI is InChI=1S/C16H17F3N4OS/c1-9-4-5-13(25-9)11-7-12(23-22-11)15(24)21-14(16(17,18)19)10-3-2-6-20-8-10/h2-6,8,11-12,14,22-23H,7H2,1H3,(H,21,24). The summed E-state index contributed by atoms with van der Waals surface area (Å²) < 4.78 is 40.0. The second kappa shape index (κ2) is 7.11.